The van der Waals surface area contributed by atoms with Crippen molar-refractivity contribution in [2.45, 2.75) is 25.9 Å². The van der Waals surface area contributed by atoms with Gasteiger partial charge in [0.15, 0.2) is 0 Å². The summed E-state index contributed by atoms with van der Waals surface area (Å²) >= 11 is 0. The minimum absolute atomic E-state index is 0.150. The fraction of sp³-hybridized carbons (Fsp3) is 0.263. The second-order valence-electron chi connectivity index (χ2n) is 6.35. The smallest absolute Gasteiger partial charge is 0.335 e. The standard InChI is InChI=1S/C19H21NO5/c1-19(2,24)12-25-16-9-7-15(8-10-16)20-17(21)11-13-3-5-14(6-4-13)18(22)23/h3-10,24H,11-12H2,1-2H3,(H,20,21)(H,22,23). The molecule has 2 aromatic rings. The molecule has 25 heavy (non-hydrogen) atoms. The van der Waals surface area contributed by atoms with Gasteiger partial charge in [-0.3, -0.25) is 4.79 Å². The minimum Gasteiger partial charge on any atom is -0.491 e. The number of hydrogen-bond acceptors (Lipinski definition) is 4. The summed E-state index contributed by atoms with van der Waals surface area (Å²) in [4.78, 5) is 22.9. The Balaban J connectivity index is 1.88. The fourth-order valence-corrected chi connectivity index (χ4v) is 2.05. The van der Waals surface area contributed by atoms with Crippen LogP contribution >= 0.6 is 0 Å². The molecule has 6 heteroatoms. The number of carboxylic acid groups (broad SMARTS) is 1. The van der Waals surface area contributed by atoms with Gasteiger partial charge in [0, 0.05) is 5.69 Å². The van der Waals surface area contributed by atoms with Gasteiger partial charge < -0.3 is 20.3 Å². The molecule has 0 fully saturated rings. The van der Waals surface area contributed by atoms with Crippen molar-refractivity contribution >= 4 is 17.6 Å². The number of aromatic carboxylic acids is 1. The molecule has 132 valence electrons. The first-order valence-electron chi connectivity index (χ1n) is 7.80. The van der Waals surface area contributed by atoms with Crippen molar-refractivity contribution in [3.8, 4) is 5.75 Å². The van der Waals surface area contributed by atoms with Crippen molar-refractivity contribution in [3.05, 3.63) is 59.7 Å². The molecule has 0 radical (unpaired) electrons. The van der Waals surface area contributed by atoms with E-state index < -0.39 is 11.6 Å². The van der Waals surface area contributed by atoms with Gasteiger partial charge in [0.05, 0.1) is 17.6 Å². The highest BCUT2D eigenvalue weighted by atomic mass is 16.5. The Hall–Kier alpha value is -2.86. The second-order valence-corrected chi connectivity index (χ2v) is 6.35. The van der Waals surface area contributed by atoms with E-state index in [0.29, 0.717) is 11.4 Å². The van der Waals surface area contributed by atoms with E-state index in [-0.39, 0.29) is 24.5 Å². The Morgan fingerprint density at radius 3 is 2.16 bits per heavy atom. The lowest BCUT2D eigenvalue weighted by Gasteiger charge is -2.17. The number of ether oxygens (including phenoxy) is 1. The normalized spacial score (nSPS) is 11.0. The van der Waals surface area contributed by atoms with Gasteiger partial charge in [-0.1, -0.05) is 12.1 Å². The minimum atomic E-state index is -0.997. The molecular formula is C19H21NO5. The van der Waals surface area contributed by atoms with Gasteiger partial charge in [0.25, 0.3) is 0 Å². The summed E-state index contributed by atoms with van der Waals surface area (Å²) in [6.45, 7) is 3.49. The van der Waals surface area contributed by atoms with Gasteiger partial charge >= 0.3 is 5.97 Å². The molecule has 2 rings (SSSR count). The lowest BCUT2D eigenvalue weighted by Crippen LogP contribution is -2.27. The van der Waals surface area contributed by atoms with Crippen LogP contribution < -0.4 is 10.1 Å². The van der Waals surface area contributed by atoms with E-state index in [1.165, 1.54) is 12.1 Å². The van der Waals surface area contributed by atoms with Crippen LogP contribution in [-0.2, 0) is 11.2 Å². The number of anilines is 1. The quantitative estimate of drug-likeness (QED) is 0.718. The molecule has 0 aliphatic rings. The topological polar surface area (TPSA) is 95.9 Å². The fourth-order valence-electron chi connectivity index (χ4n) is 2.05. The van der Waals surface area contributed by atoms with E-state index in [9.17, 15) is 14.7 Å². The number of aliphatic hydroxyl groups is 1. The molecular weight excluding hydrogens is 322 g/mol. The van der Waals surface area contributed by atoms with E-state index in [1.807, 2.05) is 0 Å². The maximum atomic E-state index is 12.1. The Labute approximate surface area is 146 Å². The summed E-state index contributed by atoms with van der Waals surface area (Å²) in [5, 5.41) is 21.2. The van der Waals surface area contributed by atoms with E-state index in [4.69, 9.17) is 9.84 Å². The van der Waals surface area contributed by atoms with Crippen molar-refractivity contribution in [2.24, 2.45) is 0 Å². The van der Waals surface area contributed by atoms with Crippen LogP contribution in [0.2, 0.25) is 0 Å². The van der Waals surface area contributed by atoms with E-state index in [2.05, 4.69) is 5.32 Å². The van der Waals surface area contributed by atoms with Crippen LogP contribution in [0, 0.1) is 0 Å². The van der Waals surface area contributed by atoms with Crippen molar-refractivity contribution in [2.75, 3.05) is 11.9 Å². The van der Waals surface area contributed by atoms with Gasteiger partial charge in [0.2, 0.25) is 5.91 Å². The first-order valence-corrected chi connectivity index (χ1v) is 7.80. The van der Waals surface area contributed by atoms with Crippen LogP contribution in [0.4, 0.5) is 5.69 Å². The summed E-state index contributed by atoms with van der Waals surface area (Å²) in [6, 6.07) is 13.0. The number of amides is 1. The maximum Gasteiger partial charge on any atom is 0.335 e. The van der Waals surface area contributed by atoms with Crippen LogP contribution in [0.25, 0.3) is 0 Å². The Morgan fingerprint density at radius 2 is 1.64 bits per heavy atom. The number of benzene rings is 2. The van der Waals surface area contributed by atoms with Crippen molar-refractivity contribution in [1.29, 1.82) is 0 Å². The van der Waals surface area contributed by atoms with Crippen LogP contribution in [0.1, 0.15) is 29.8 Å². The largest absolute Gasteiger partial charge is 0.491 e. The zero-order valence-electron chi connectivity index (χ0n) is 14.2. The summed E-state index contributed by atoms with van der Waals surface area (Å²) in [6.07, 6.45) is 0.150. The lowest BCUT2D eigenvalue weighted by atomic mass is 10.1. The third-order valence-electron chi connectivity index (χ3n) is 3.30. The predicted molar refractivity (Wildman–Crippen MR) is 94.0 cm³/mol. The first-order chi connectivity index (χ1) is 11.7. The molecule has 6 nitrogen and oxygen atoms in total. The highest BCUT2D eigenvalue weighted by Gasteiger charge is 2.13. The maximum absolute atomic E-state index is 12.1. The molecule has 0 aliphatic heterocycles. The number of nitrogens with one attached hydrogen (secondary N) is 1. The molecule has 0 atom stereocenters. The van der Waals surface area contributed by atoms with Gasteiger partial charge in [-0.2, -0.15) is 0 Å². The highest BCUT2D eigenvalue weighted by Crippen LogP contribution is 2.17. The zero-order chi connectivity index (χ0) is 18.4. The highest BCUT2D eigenvalue weighted by molar-refractivity contribution is 5.92. The van der Waals surface area contributed by atoms with Crippen molar-refractivity contribution < 1.29 is 24.5 Å². The van der Waals surface area contributed by atoms with Gasteiger partial charge in [-0.15, -0.1) is 0 Å². The molecule has 0 aromatic heterocycles. The summed E-state index contributed by atoms with van der Waals surface area (Å²) in [5.41, 5.74) is 0.629. The third-order valence-corrected chi connectivity index (χ3v) is 3.30. The predicted octanol–water partition coefficient (Wildman–Crippen LogP) is 2.72. The molecule has 0 saturated carbocycles. The number of carbonyl (C=O) groups is 2. The Kier molecular flexibility index (Phi) is 5.77. The second kappa shape index (κ2) is 7.81. The van der Waals surface area contributed by atoms with Crippen LogP contribution in [0.3, 0.4) is 0 Å². The molecule has 0 aliphatic carbocycles. The van der Waals surface area contributed by atoms with E-state index >= 15 is 0 Å². The Bertz CT molecular complexity index is 730. The molecule has 0 unspecified atom stereocenters. The number of rotatable bonds is 7. The van der Waals surface area contributed by atoms with Crippen LogP contribution in [0.5, 0.6) is 5.75 Å². The molecule has 0 bridgehead atoms. The number of carboxylic acids is 1. The molecule has 1 amide bonds. The zero-order valence-corrected chi connectivity index (χ0v) is 14.2. The SMILES string of the molecule is CC(C)(O)COc1ccc(NC(=O)Cc2ccc(C(=O)O)cc2)cc1. The monoisotopic (exact) mass is 343 g/mol. The number of carbonyl (C=O) groups excluding carboxylic acids is 1. The van der Waals surface area contributed by atoms with E-state index in [0.717, 1.165) is 5.56 Å². The van der Waals surface area contributed by atoms with Gasteiger partial charge in [-0.25, -0.2) is 4.79 Å². The average Bonchev–Trinajstić information content (AvgIpc) is 2.54. The summed E-state index contributed by atoms with van der Waals surface area (Å²) in [5.74, 6) is -0.597. The summed E-state index contributed by atoms with van der Waals surface area (Å²) in [7, 11) is 0. The van der Waals surface area contributed by atoms with Gasteiger partial charge in [0.1, 0.15) is 12.4 Å². The third kappa shape index (κ3) is 6.27. The van der Waals surface area contributed by atoms with Gasteiger partial charge in [-0.05, 0) is 55.8 Å². The lowest BCUT2D eigenvalue weighted by molar-refractivity contribution is -0.115. The van der Waals surface area contributed by atoms with Crippen LogP contribution in [0.15, 0.2) is 48.5 Å². The molecule has 2 aromatic carbocycles. The first kappa shape index (κ1) is 18.5. The van der Waals surface area contributed by atoms with Crippen LogP contribution in [-0.4, -0.2) is 34.3 Å². The van der Waals surface area contributed by atoms with E-state index in [1.54, 1.807) is 50.2 Å². The molecule has 3 N–H and O–H groups in total. The molecule has 0 spiro atoms. The van der Waals surface area contributed by atoms with Crippen molar-refractivity contribution in [3.63, 3.8) is 0 Å². The Morgan fingerprint density at radius 1 is 1.04 bits per heavy atom. The number of hydrogen-bond donors (Lipinski definition) is 3. The van der Waals surface area contributed by atoms with Crippen molar-refractivity contribution in [1.82, 2.24) is 0 Å². The summed E-state index contributed by atoms with van der Waals surface area (Å²) < 4.78 is 5.45. The average molecular weight is 343 g/mol. The molecule has 0 saturated heterocycles. The molecule has 0 heterocycles.